The first kappa shape index (κ1) is 34.4. The van der Waals surface area contributed by atoms with Gasteiger partial charge in [-0.2, -0.15) is 4.98 Å². The van der Waals surface area contributed by atoms with Gasteiger partial charge in [0.25, 0.3) is 14.4 Å². The molecule has 1 aromatic carbocycles. The molecule has 1 aliphatic rings. The van der Waals surface area contributed by atoms with Crippen molar-refractivity contribution in [3.05, 3.63) is 70.1 Å². The average Bonchev–Trinajstić information content (AvgIpc) is 3.28. The number of nitrogens with one attached hydrogen (secondary N) is 1. The number of hydrogen-bond donors (Lipinski definition) is 1. The van der Waals surface area contributed by atoms with Crippen LogP contribution in [0.15, 0.2) is 47.4 Å². The summed E-state index contributed by atoms with van der Waals surface area (Å²) in [5.74, 6) is -0.276. The highest BCUT2D eigenvalue weighted by molar-refractivity contribution is 7.44. The van der Waals surface area contributed by atoms with Gasteiger partial charge in [0.1, 0.15) is 24.6 Å². The van der Waals surface area contributed by atoms with Crippen LogP contribution in [0.25, 0.3) is 4.85 Å². The van der Waals surface area contributed by atoms with Gasteiger partial charge in [0, 0.05) is 25.2 Å². The Morgan fingerprint density at radius 3 is 2.41 bits per heavy atom. The van der Waals surface area contributed by atoms with Gasteiger partial charge >= 0.3 is 5.69 Å². The zero-order valence-corrected chi connectivity index (χ0v) is 29.2. The largest absolute Gasteiger partial charge is 0.407 e. The van der Waals surface area contributed by atoms with Crippen molar-refractivity contribution in [3.63, 3.8) is 0 Å². The molecule has 1 aromatic heterocycles. The molecule has 0 aliphatic carbocycles. The number of anilines is 1. The highest BCUT2D eigenvalue weighted by atomic mass is 31.2. The number of carbonyl (C=O) groups excluding carboxylic acids is 1. The highest BCUT2D eigenvalue weighted by Gasteiger charge is 2.52. The summed E-state index contributed by atoms with van der Waals surface area (Å²) in [7, 11) is -4.15. The lowest BCUT2D eigenvalue weighted by atomic mass is 10.1. The smallest absolute Gasteiger partial charge is 0.351 e. The van der Waals surface area contributed by atoms with Crippen LogP contribution in [0.3, 0.4) is 0 Å². The van der Waals surface area contributed by atoms with Crippen LogP contribution in [-0.4, -0.2) is 72.0 Å². The standard InChI is InChI=1S/C31H48N5O6PSi/c1-21(2)36(22(3)4)43(39-20-18-32-9)41-26-23(5)40-29(27(26)42-44(10,11)31(6,7)8)35-19-17-25(34-30(35)38)33-28(37)24-15-13-12-14-16-24/h12-17,19,21-23,26-27,29H,18,20H2,1-8,10-11H3,(H,33,34,37,38)/t23-,26+,27?,29-,43?/m1/s1/i5D. The minimum Gasteiger partial charge on any atom is -0.407 e. The van der Waals surface area contributed by atoms with Crippen LogP contribution in [0.4, 0.5) is 5.82 Å². The zero-order valence-electron chi connectivity index (χ0n) is 28.3. The second-order valence-electron chi connectivity index (χ2n) is 12.8. The first-order valence-corrected chi connectivity index (χ1v) is 18.9. The van der Waals surface area contributed by atoms with E-state index in [9.17, 15) is 9.59 Å². The maximum atomic E-state index is 13.5. The molecule has 1 saturated heterocycles. The molecule has 2 heterocycles. The summed E-state index contributed by atoms with van der Waals surface area (Å²) in [5.41, 5.74) is -0.198. The van der Waals surface area contributed by atoms with E-state index in [0.717, 1.165) is 0 Å². The molecule has 0 radical (unpaired) electrons. The fourth-order valence-corrected chi connectivity index (χ4v) is 7.59. The van der Waals surface area contributed by atoms with Crippen molar-refractivity contribution in [1.29, 1.82) is 0 Å². The van der Waals surface area contributed by atoms with E-state index in [4.69, 9.17) is 26.2 Å². The number of nitrogens with zero attached hydrogens (tertiary/aromatic N) is 4. The van der Waals surface area contributed by atoms with Crippen molar-refractivity contribution in [2.24, 2.45) is 0 Å². The fraction of sp³-hybridized carbons (Fsp3) is 0.613. The van der Waals surface area contributed by atoms with Crippen molar-refractivity contribution in [1.82, 2.24) is 14.2 Å². The van der Waals surface area contributed by atoms with E-state index in [1.54, 1.807) is 30.3 Å². The number of hydrogen-bond acceptors (Lipinski definition) is 8. The molecule has 13 heteroatoms. The molecular formula is C31H48N5O6PSi. The molecule has 2 aromatic rings. The molecule has 1 fully saturated rings. The molecule has 242 valence electrons. The van der Waals surface area contributed by atoms with Gasteiger partial charge in [-0.15, -0.1) is 0 Å². The summed E-state index contributed by atoms with van der Waals surface area (Å²) in [5, 5.41) is 2.50. The first-order valence-electron chi connectivity index (χ1n) is 15.6. The normalized spacial score (nSPS) is 21.8. The Bertz CT molecular complexity index is 1360. The summed E-state index contributed by atoms with van der Waals surface area (Å²) in [6.45, 7) is 26.3. The molecule has 44 heavy (non-hydrogen) atoms. The number of benzene rings is 1. The van der Waals surface area contributed by atoms with Crippen LogP contribution < -0.4 is 11.0 Å². The van der Waals surface area contributed by atoms with Crippen molar-refractivity contribution in [3.8, 4) is 0 Å². The van der Waals surface area contributed by atoms with E-state index in [2.05, 4.69) is 81.4 Å². The minimum absolute atomic E-state index is 0.0711. The molecule has 5 atom stereocenters. The van der Waals surface area contributed by atoms with E-state index in [1.807, 2.05) is 6.07 Å². The zero-order chi connectivity index (χ0) is 33.5. The average molecular weight is 647 g/mol. The van der Waals surface area contributed by atoms with Gasteiger partial charge in [-0.1, -0.05) is 39.0 Å². The van der Waals surface area contributed by atoms with Gasteiger partial charge in [0.15, 0.2) is 14.5 Å². The monoisotopic (exact) mass is 646 g/mol. The topological polar surface area (TPSA) is 109 Å². The quantitative estimate of drug-likeness (QED) is 0.114. The van der Waals surface area contributed by atoms with E-state index in [1.165, 1.54) is 10.8 Å². The van der Waals surface area contributed by atoms with Crippen molar-refractivity contribution < 1.29 is 24.4 Å². The number of aromatic nitrogens is 2. The van der Waals surface area contributed by atoms with Crippen molar-refractivity contribution in [2.45, 2.75) is 110 Å². The minimum atomic E-state index is -2.47. The van der Waals surface area contributed by atoms with Crippen molar-refractivity contribution >= 4 is 28.6 Å². The summed E-state index contributed by atoms with van der Waals surface area (Å²) in [4.78, 5) is 33.7. The van der Waals surface area contributed by atoms with E-state index < -0.39 is 47.1 Å². The molecular weight excluding hydrogens is 597 g/mol. The lowest BCUT2D eigenvalue weighted by molar-refractivity contribution is -0.0310. The van der Waals surface area contributed by atoms with Gasteiger partial charge in [-0.05, 0) is 70.9 Å². The Morgan fingerprint density at radius 2 is 1.86 bits per heavy atom. The Morgan fingerprint density at radius 1 is 1.20 bits per heavy atom. The third-order valence-electron chi connectivity index (χ3n) is 7.77. The molecule has 0 saturated carbocycles. The fourth-order valence-electron chi connectivity index (χ4n) is 4.55. The highest BCUT2D eigenvalue weighted by Crippen LogP contribution is 2.51. The molecule has 3 rings (SSSR count). The predicted octanol–water partition coefficient (Wildman–Crippen LogP) is 6.47. The number of carbonyl (C=O) groups is 1. The van der Waals surface area contributed by atoms with Crippen LogP contribution in [0.1, 0.15) is 73.3 Å². The van der Waals surface area contributed by atoms with Gasteiger partial charge in [-0.3, -0.25) is 9.36 Å². The second kappa shape index (κ2) is 15.2. The van der Waals surface area contributed by atoms with Crippen LogP contribution in [-0.2, 0) is 18.2 Å². The van der Waals surface area contributed by atoms with Crippen molar-refractivity contribution in [2.75, 3.05) is 18.5 Å². The van der Waals surface area contributed by atoms with Gasteiger partial charge in [-0.25, -0.2) is 16.0 Å². The molecule has 0 bridgehead atoms. The van der Waals surface area contributed by atoms with Crippen LogP contribution >= 0.6 is 8.53 Å². The van der Waals surface area contributed by atoms with E-state index in [0.29, 0.717) is 5.56 Å². The SMILES string of the molecule is [2H]C[C@H]1O[C@@H](n2ccc(NC(=O)c3ccccc3)nc2=O)C(O[Si](C)(C)C(C)(C)C)[C@H]1OP(OCC[N+]#[C-])N(C(C)C)C(C)C. The summed E-state index contributed by atoms with van der Waals surface area (Å²) in [6.07, 6.45) is -1.66. The number of rotatable bonds is 13. The molecule has 2 unspecified atom stereocenters. The van der Waals surface area contributed by atoms with Crippen LogP contribution in [0, 0.1) is 6.57 Å². The molecule has 1 amide bonds. The third-order valence-corrected chi connectivity index (χ3v) is 14.4. The summed E-state index contributed by atoms with van der Waals surface area (Å²) in [6, 6.07) is 10.4. The second-order valence-corrected chi connectivity index (χ2v) is 19.0. The van der Waals surface area contributed by atoms with Gasteiger partial charge in [0.2, 0.25) is 6.54 Å². The maximum Gasteiger partial charge on any atom is 0.351 e. The summed E-state index contributed by atoms with van der Waals surface area (Å²) < 4.78 is 38.1. The third kappa shape index (κ3) is 8.82. The number of ether oxygens (including phenoxy) is 1. The van der Waals surface area contributed by atoms with Crippen LogP contribution in [0.5, 0.6) is 0 Å². The van der Waals surface area contributed by atoms with Crippen LogP contribution in [0.2, 0.25) is 18.1 Å². The molecule has 0 spiro atoms. The summed E-state index contributed by atoms with van der Waals surface area (Å²) >= 11 is 0. The molecule has 1 N–H and O–H groups in total. The number of amides is 1. The predicted molar refractivity (Wildman–Crippen MR) is 176 cm³/mol. The Labute approximate surface area is 265 Å². The lowest BCUT2D eigenvalue weighted by Crippen LogP contribution is -2.50. The Hall–Kier alpha value is -2.49. The Kier molecular flexibility index (Phi) is 11.9. The van der Waals surface area contributed by atoms with Gasteiger partial charge in [0.05, 0.1) is 6.10 Å². The first-order chi connectivity index (χ1) is 21.1. The van der Waals surface area contributed by atoms with E-state index >= 15 is 0 Å². The maximum absolute atomic E-state index is 13.5. The lowest BCUT2D eigenvalue weighted by Gasteiger charge is -2.42. The molecule has 1 aliphatic heterocycles. The Balaban J connectivity index is 2.02. The molecule has 11 nitrogen and oxygen atoms in total. The van der Waals surface area contributed by atoms with Gasteiger partial charge < -0.3 is 28.4 Å². The van der Waals surface area contributed by atoms with E-state index in [-0.39, 0.29) is 48.9 Å².